The lowest BCUT2D eigenvalue weighted by molar-refractivity contribution is -0.385. The summed E-state index contributed by atoms with van der Waals surface area (Å²) in [5.41, 5.74) is -1.59. The first-order chi connectivity index (χ1) is 9.32. The van der Waals surface area contributed by atoms with Crippen LogP contribution in [0.5, 0.6) is 0 Å². The van der Waals surface area contributed by atoms with Crippen LogP contribution in [0, 0.1) is 10.1 Å². The van der Waals surface area contributed by atoms with Gasteiger partial charge in [-0.15, -0.1) is 0 Å². The van der Waals surface area contributed by atoms with Crippen LogP contribution in [-0.2, 0) is 6.18 Å². The monoisotopic (exact) mass is 288 g/mol. The molecule has 106 valence electrons. The number of hydrogen-bond acceptors (Lipinski definition) is 6. The van der Waals surface area contributed by atoms with Crippen molar-refractivity contribution in [3.63, 3.8) is 0 Å². The highest BCUT2D eigenvalue weighted by Crippen LogP contribution is 2.30. The first-order valence-electron chi connectivity index (χ1n) is 5.14. The molecule has 8 nitrogen and oxygen atoms in total. The Balaban J connectivity index is 2.55. The van der Waals surface area contributed by atoms with E-state index in [0.29, 0.717) is 17.1 Å². The second-order valence-corrected chi connectivity index (χ2v) is 3.58. The predicted octanol–water partition coefficient (Wildman–Crippen LogP) is 1.63. The SMILES string of the molecule is CNc1ncc([N+](=O)[O-])c(-n2cc(C(F)(F)F)cn2)n1. The Kier molecular flexibility index (Phi) is 3.26. The standard InChI is InChI=1S/C9H7F3N6O2/c1-13-8-14-3-6(18(19)20)7(16-8)17-4-5(2-15-17)9(10,11)12/h2-4H,1H3,(H,13,14,16). The van der Waals surface area contributed by atoms with Gasteiger partial charge < -0.3 is 5.32 Å². The molecule has 0 amide bonds. The fraction of sp³-hybridized carbons (Fsp3) is 0.222. The third-order valence-corrected chi connectivity index (χ3v) is 2.30. The minimum absolute atomic E-state index is 0.0228. The van der Waals surface area contributed by atoms with Crippen LogP contribution in [0.25, 0.3) is 5.82 Å². The molecule has 0 bridgehead atoms. The lowest BCUT2D eigenvalue weighted by Gasteiger charge is -2.04. The van der Waals surface area contributed by atoms with Crippen LogP contribution in [0.3, 0.4) is 0 Å². The molecule has 2 aromatic rings. The summed E-state index contributed by atoms with van der Waals surface area (Å²) in [5, 5.41) is 16.8. The molecule has 0 spiro atoms. The molecule has 0 aliphatic heterocycles. The van der Waals surface area contributed by atoms with E-state index in [0.717, 1.165) is 6.20 Å². The summed E-state index contributed by atoms with van der Waals surface area (Å²) < 4.78 is 38.2. The van der Waals surface area contributed by atoms with Crippen LogP contribution in [0.1, 0.15) is 5.56 Å². The van der Waals surface area contributed by atoms with E-state index < -0.39 is 22.4 Å². The third-order valence-electron chi connectivity index (χ3n) is 2.30. The van der Waals surface area contributed by atoms with Gasteiger partial charge in [-0.05, 0) is 0 Å². The molecule has 0 atom stereocenters. The molecule has 2 aromatic heterocycles. The summed E-state index contributed by atoms with van der Waals surface area (Å²) in [4.78, 5) is 17.4. The summed E-state index contributed by atoms with van der Waals surface area (Å²) >= 11 is 0. The molecule has 0 unspecified atom stereocenters. The lowest BCUT2D eigenvalue weighted by atomic mass is 10.3. The van der Waals surface area contributed by atoms with Gasteiger partial charge in [0.05, 0.1) is 16.7 Å². The Morgan fingerprint density at radius 3 is 2.60 bits per heavy atom. The zero-order valence-corrected chi connectivity index (χ0v) is 9.92. The molecule has 2 heterocycles. The summed E-state index contributed by atoms with van der Waals surface area (Å²) in [6.45, 7) is 0. The summed E-state index contributed by atoms with van der Waals surface area (Å²) in [6, 6.07) is 0. The average Bonchev–Trinajstić information content (AvgIpc) is 2.87. The predicted molar refractivity (Wildman–Crippen MR) is 60.4 cm³/mol. The van der Waals surface area contributed by atoms with E-state index in [1.807, 2.05) is 0 Å². The van der Waals surface area contributed by atoms with Gasteiger partial charge in [0.1, 0.15) is 6.20 Å². The first kappa shape index (κ1) is 13.7. The highest BCUT2D eigenvalue weighted by atomic mass is 19.4. The zero-order chi connectivity index (χ0) is 14.9. The van der Waals surface area contributed by atoms with Crippen LogP contribution in [0.4, 0.5) is 24.8 Å². The largest absolute Gasteiger partial charge is 0.419 e. The third kappa shape index (κ3) is 2.50. The average molecular weight is 288 g/mol. The first-order valence-corrected chi connectivity index (χ1v) is 5.14. The molecule has 0 aromatic carbocycles. The van der Waals surface area contributed by atoms with Gasteiger partial charge in [0.15, 0.2) is 0 Å². The molecular formula is C9H7F3N6O2. The van der Waals surface area contributed by atoms with E-state index in [9.17, 15) is 23.3 Å². The highest BCUT2D eigenvalue weighted by Gasteiger charge is 2.33. The van der Waals surface area contributed by atoms with E-state index >= 15 is 0 Å². The Labute approximate surface area is 109 Å². The number of nitrogens with one attached hydrogen (secondary N) is 1. The molecular weight excluding hydrogens is 281 g/mol. The van der Waals surface area contributed by atoms with Crippen LogP contribution in [0.15, 0.2) is 18.6 Å². The van der Waals surface area contributed by atoms with Gasteiger partial charge in [-0.3, -0.25) is 10.1 Å². The molecule has 0 radical (unpaired) electrons. The van der Waals surface area contributed by atoms with Crippen molar-refractivity contribution in [1.82, 2.24) is 19.7 Å². The Hall–Kier alpha value is -2.72. The second-order valence-electron chi connectivity index (χ2n) is 3.58. The number of hydrogen-bond donors (Lipinski definition) is 1. The van der Waals surface area contributed by atoms with E-state index in [2.05, 4.69) is 20.4 Å². The number of halogens is 3. The number of anilines is 1. The fourth-order valence-corrected chi connectivity index (χ4v) is 1.37. The molecule has 0 aliphatic carbocycles. The molecule has 20 heavy (non-hydrogen) atoms. The topological polar surface area (TPSA) is 98.8 Å². The van der Waals surface area contributed by atoms with Crippen LogP contribution in [0.2, 0.25) is 0 Å². The zero-order valence-electron chi connectivity index (χ0n) is 9.92. The maximum Gasteiger partial charge on any atom is 0.419 e. The number of alkyl halides is 3. The van der Waals surface area contributed by atoms with Gasteiger partial charge in [-0.2, -0.15) is 23.3 Å². The fourth-order valence-electron chi connectivity index (χ4n) is 1.37. The number of aromatic nitrogens is 4. The summed E-state index contributed by atoms with van der Waals surface area (Å²) in [6.07, 6.45) is -2.52. The van der Waals surface area contributed by atoms with Crippen molar-refractivity contribution in [3.8, 4) is 5.82 Å². The van der Waals surface area contributed by atoms with Gasteiger partial charge in [-0.25, -0.2) is 9.67 Å². The van der Waals surface area contributed by atoms with E-state index in [1.165, 1.54) is 7.05 Å². The van der Waals surface area contributed by atoms with Crippen LogP contribution < -0.4 is 5.32 Å². The van der Waals surface area contributed by atoms with Crippen LogP contribution >= 0.6 is 0 Å². The molecule has 0 saturated heterocycles. The molecule has 1 N–H and O–H groups in total. The van der Waals surface area contributed by atoms with Gasteiger partial charge in [0, 0.05) is 13.2 Å². The van der Waals surface area contributed by atoms with Crippen molar-refractivity contribution >= 4 is 11.6 Å². The van der Waals surface area contributed by atoms with Crippen molar-refractivity contribution in [2.45, 2.75) is 6.18 Å². The smallest absolute Gasteiger partial charge is 0.357 e. The van der Waals surface area contributed by atoms with Crippen molar-refractivity contribution in [1.29, 1.82) is 0 Å². The number of nitro groups is 1. The highest BCUT2D eigenvalue weighted by molar-refractivity contribution is 5.48. The van der Waals surface area contributed by atoms with Gasteiger partial charge in [-0.1, -0.05) is 0 Å². The second kappa shape index (κ2) is 4.75. The van der Waals surface area contributed by atoms with E-state index in [4.69, 9.17) is 0 Å². The van der Waals surface area contributed by atoms with Crippen LogP contribution in [-0.4, -0.2) is 31.7 Å². The van der Waals surface area contributed by atoms with Crippen molar-refractivity contribution < 1.29 is 18.1 Å². The van der Waals surface area contributed by atoms with Gasteiger partial charge >= 0.3 is 11.9 Å². The Morgan fingerprint density at radius 2 is 2.10 bits per heavy atom. The van der Waals surface area contributed by atoms with Crippen molar-refractivity contribution in [2.24, 2.45) is 0 Å². The Morgan fingerprint density at radius 1 is 1.40 bits per heavy atom. The molecule has 2 rings (SSSR count). The molecule has 0 fully saturated rings. The minimum Gasteiger partial charge on any atom is -0.357 e. The summed E-state index contributed by atoms with van der Waals surface area (Å²) in [7, 11) is 1.47. The molecule has 0 saturated carbocycles. The number of rotatable bonds is 3. The number of nitrogens with zero attached hydrogens (tertiary/aromatic N) is 5. The molecule has 11 heteroatoms. The Bertz CT molecular complexity index is 653. The summed E-state index contributed by atoms with van der Waals surface area (Å²) in [5.74, 6) is -0.334. The van der Waals surface area contributed by atoms with Crippen molar-refractivity contribution in [3.05, 3.63) is 34.3 Å². The van der Waals surface area contributed by atoms with Crippen molar-refractivity contribution in [2.75, 3.05) is 12.4 Å². The van der Waals surface area contributed by atoms with E-state index in [-0.39, 0.29) is 11.8 Å². The quantitative estimate of drug-likeness (QED) is 0.680. The maximum atomic E-state index is 12.5. The van der Waals surface area contributed by atoms with Gasteiger partial charge in [0.25, 0.3) is 0 Å². The molecule has 0 aliphatic rings. The minimum atomic E-state index is -4.59. The normalized spacial score (nSPS) is 11.4. The lowest BCUT2D eigenvalue weighted by Crippen LogP contribution is -2.08. The maximum absolute atomic E-state index is 12.5. The van der Waals surface area contributed by atoms with E-state index in [1.54, 1.807) is 0 Å². The van der Waals surface area contributed by atoms with Gasteiger partial charge in [0.2, 0.25) is 11.8 Å².